The zero-order valence-corrected chi connectivity index (χ0v) is 18.5. The minimum atomic E-state index is -0.262. The van der Waals surface area contributed by atoms with Gasteiger partial charge >= 0.3 is 6.03 Å². The number of piperidine rings is 1. The van der Waals surface area contributed by atoms with Crippen LogP contribution >= 0.6 is 0 Å². The highest BCUT2D eigenvalue weighted by molar-refractivity contribution is 5.90. The fraction of sp³-hybridized carbons (Fsp3) is 0.375. The summed E-state index contributed by atoms with van der Waals surface area (Å²) in [6.07, 6.45) is 1.46. The van der Waals surface area contributed by atoms with Gasteiger partial charge in [-0.1, -0.05) is 12.1 Å². The third-order valence-corrected chi connectivity index (χ3v) is 6.08. The summed E-state index contributed by atoms with van der Waals surface area (Å²) in [6.45, 7) is 4.89. The number of fused-ring (bicyclic) bond motifs is 2. The first-order valence-corrected chi connectivity index (χ1v) is 11.3. The van der Waals surface area contributed by atoms with Gasteiger partial charge in [-0.3, -0.25) is 4.79 Å². The van der Waals surface area contributed by atoms with E-state index in [2.05, 4.69) is 15.6 Å². The van der Waals surface area contributed by atoms with Crippen molar-refractivity contribution in [2.75, 3.05) is 36.5 Å². The Hall–Kier alpha value is -3.75. The average Bonchev–Trinajstić information content (AvgIpc) is 2.84. The highest BCUT2D eigenvalue weighted by Crippen LogP contribution is 2.32. The minimum absolute atomic E-state index is 0.0207. The Morgan fingerprint density at radius 3 is 2.64 bits per heavy atom. The fourth-order valence-electron chi connectivity index (χ4n) is 4.41. The van der Waals surface area contributed by atoms with Gasteiger partial charge in [0, 0.05) is 37.4 Å². The number of ether oxygens (including phenoxy) is 2. The molecule has 0 radical (unpaired) electrons. The highest BCUT2D eigenvalue weighted by Gasteiger charge is 2.24. The predicted octanol–water partition coefficient (Wildman–Crippen LogP) is 2.98. The van der Waals surface area contributed by atoms with Crippen LogP contribution in [0.1, 0.15) is 19.8 Å². The SMILES string of the molecule is CCn1c(=O)c(N2CCC(NC(=O)Nc3ccc4c(c3)OCCO4)CC2)nc2ccccc21. The largest absolute Gasteiger partial charge is 0.486 e. The lowest BCUT2D eigenvalue weighted by Gasteiger charge is -2.33. The Morgan fingerprint density at radius 1 is 1.09 bits per heavy atom. The number of hydrogen-bond acceptors (Lipinski definition) is 6. The van der Waals surface area contributed by atoms with Crippen molar-refractivity contribution >= 4 is 28.6 Å². The van der Waals surface area contributed by atoms with E-state index in [-0.39, 0.29) is 17.6 Å². The number of amides is 2. The van der Waals surface area contributed by atoms with Crippen LogP contribution in [-0.4, -0.2) is 47.9 Å². The Kier molecular flexibility index (Phi) is 5.77. The number of aromatic nitrogens is 2. The normalized spacial score (nSPS) is 16.0. The summed E-state index contributed by atoms with van der Waals surface area (Å²) in [5.41, 5.74) is 2.24. The van der Waals surface area contributed by atoms with E-state index in [1.165, 1.54) is 0 Å². The van der Waals surface area contributed by atoms with Crippen LogP contribution in [0.25, 0.3) is 11.0 Å². The first-order chi connectivity index (χ1) is 16.1. The fourth-order valence-corrected chi connectivity index (χ4v) is 4.41. The molecule has 0 saturated carbocycles. The number of nitrogens with zero attached hydrogens (tertiary/aromatic N) is 3. The third kappa shape index (κ3) is 4.30. The molecule has 3 heterocycles. The molecule has 2 aromatic carbocycles. The molecule has 0 aliphatic carbocycles. The molecule has 2 N–H and O–H groups in total. The van der Waals surface area contributed by atoms with E-state index in [1.807, 2.05) is 36.1 Å². The number of carbonyl (C=O) groups is 1. The number of anilines is 2. The van der Waals surface area contributed by atoms with E-state index in [4.69, 9.17) is 9.47 Å². The van der Waals surface area contributed by atoms with E-state index >= 15 is 0 Å². The maximum Gasteiger partial charge on any atom is 0.319 e. The molecule has 9 heteroatoms. The summed E-state index contributed by atoms with van der Waals surface area (Å²) in [6, 6.07) is 12.8. The maximum atomic E-state index is 13.0. The van der Waals surface area contributed by atoms with Crippen molar-refractivity contribution in [3.8, 4) is 11.5 Å². The van der Waals surface area contributed by atoms with Gasteiger partial charge < -0.3 is 29.6 Å². The van der Waals surface area contributed by atoms with Crippen molar-refractivity contribution in [1.29, 1.82) is 0 Å². The van der Waals surface area contributed by atoms with E-state index in [1.54, 1.807) is 22.8 Å². The highest BCUT2D eigenvalue weighted by atomic mass is 16.6. The average molecular weight is 450 g/mol. The van der Waals surface area contributed by atoms with E-state index < -0.39 is 0 Å². The van der Waals surface area contributed by atoms with Gasteiger partial charge in [0.15, 0.2) is 17.3 Å². The molecule has 33 heavy (non-hydrogen) atoms. The van der Waals surface area contributed by atoms with Gasteiger partial charge in [0.05, 0.1) is 11.0 Å². The van der Waals surface area contributed by atoms with Gasteiger partial charge in [0.2, 0.25) is 0 Å². The van der Waals surface area contributed by atoms with Crippen molar-refractivity contribution in [2.24, 2.45) is 0 Å². The molecule has 0 bridgehead atoms. The van der Waals surface area contributed by atoms with Crippen molar-refractivity contribution in [3.63, 3.8) is 0 Å². The van der Waals surface area contributed by atoms with Crippen molar-refractivity contribution in [1.82, 2.24) is 14.9 Å². The van der Waals surface area contributed by atoms with E-state index in [9.17, 15) is 9.59 Å². The quantitative estimate of drug-likeness (QED) is 0.636. The second-order valence-corrected chi connectivity index (χ2v) is 8.19. The van der Waals surface area contributed by atoms with Crippen LogP contribution in [0.3, 0.4) is 0 Å². The van der Waals surface area contributed by atoms with Crippen LogP contribution in [-0.2, 0) is 6.54 Å². The van der Waals surface area contributed by atoms with Crippen LogP contribution in [0.2, 0.25) is 0 Å². The van der Waals surface area contributed by atoms with Gasteiger partial charge in [0.25, 0.3) is 5.56 Å². The van der Waals surface area contributed by atoms with Crippen LogP contribution < -0.4 is 30.6 Å². The zero-order valence-electron chi connectivity index (χ0n) is 18.5. The summed E-state index contributed by atoms with van der Waals surface area (Å²) in [5.74, 6) is 1.80. The number of hydrogen-bond donors (Lipinski definition) is 2. The third-order valence-electron chi connectivity index (χ3n) is 6.08. The lowest BCUT2D eigenvalue weighted by Crippen LogP contribution is -2.47. The van der Waals surface area contributed by atoms with Crippen LogP contribution in [0.15, 0.2) is 47.3 Å². The molecule has 0 unspecified atom stereocenters. The standard InChI is InChI=1S/C24H27N5O4/c1-2-29-19-6-4-3-5-18(19)27-22(23(29)30)28-11-9-16(10-12-28)25-24(31)26-17-7-8-20-21(15-17)33-14-13-32-20/h3-8,15-16H,2,9-14H2,1H3,(H2,25,26,31). The summed E-state index contributed by atoms with van der Waals surface area (Å²) in [7, 11) is 0. The van der Waals surface area contributed by atoms with Gasteiger partial charge in [-0.25, -0.2) is 9.78 Å². The van der Waals surface area contributed by atoms with Crippen LogP contribution in [0.4, 0.5) is 16.3 Å². The predicted molar refractivity (Wildman–Crippen MR) is 126 cm³/mol. The molecule has 2 aliphatic rings. The minimum Gasteiger partial charge on any atom is -0.486 e. The van der Waals surface area contributed by atoms with Gasteiger partial charge in [-0.2, -0.15) is 0 Å². The summed E-state index contributed by atoms with van der Waals surface area (Å²) >= 11 is 0. The first kappa shape index (κ1) is 21.1. The molecule has 2 aliphatic heterocycles. The number of aryl methyl sites for hydroxylation is 1. The molecule has 1 fully saturated rings. The molecular weight excluding hydrogens is 422 g/mol. The van der Waals surface area contributed by atoms with Crippen molar-refractivity contribution in [3.05, 3.63) is 52.8 Å². The topological polar surface area (TPSA) is 97.7 Å². The Balaban J connectivity index is 1.21. The van der Waals surface area contributed by atoms with Crippen molar-refractivity contribution in [2.45, 2.75) is 32.4 Å². The number of para-hydroxylation sites is 2. The summed E-state index contributed by atoms with van der Waals surface area (Å²) in [5, 5.41) is 5.90. The van der Waals surface area contributed by atoms with E-state index in [0.29, 0.717) is 55.9 Å². The molecule has 1 aromatic heterocycles. The number of rotatable bonds is 4. The summed E-state index contributed by atoms with van der Waals surface area (Å²) < 4.78 is 12.8. The van der Waals surface area contributed by atoms with E-state index in [0.717, 1.165) is 23.9 Å². The monoisotopic (exact) mass is 449 g/mol. The number of benzene rings is 2. The molecule has 3 aromatic rings. The lowest BCUT2D eigenvalue weighted by atomic mass is 10.1. The molecule has 5 rings (SSSR count). The Labute approximate surface area is 191 Å². The Morgan fingerprint density at radius 2 is 1.85 bits per heavy atom. The van der Waals surface area contributed by atoms with Crippen LogP contribution in [0, 0.1) is 0 Å². The second-order valence-electron chi connectivity index (χ2n) is 8.19. The Bertz CT molecular complexity index is 1230. The molecule has 2 amide bonds. The number of nitrogens with one attached hydrogen (secondary N) is 2. The van der Waals surface area contributed by atoms with Gasteiger partial charge in [-0.15, -0.1) is 0 Å². The first-order valence-electron chi connectivity index (χ1n) is 11.3. The van der Waals surface area contributed by atoms with Crippen LogP contribution in [0.5, 0.6) is 11.5 Å². The molecule has 9 nitrogen and oxygen atoms in total. The van der Waals surface area contributed by atoms with Gasteiger partial charge in [-0.05, 0) is 44.0 Å². The van der Waals surface area contributed by atoms with Gasteiger partial charge in [0.1, 0.15) is 13.2 Å². The molecule has 172 valence electrons. The lowest BCUT2D eigenvalue weighted by molar-refractivity contribution is 0.171. The molecule has 1 saturated heterocycles. The van der Waals surface area contributed by atoms with Crippen molar-refractivity contribution < 1.29 is 14.3 Å². The zero-order chi connectivity index (χ0) is 22.8. The maximum absolute atomic E-state index is 13.0. The molecular formula is C24H27N5O4. The molecule has 0 atom stereocenters. The summed E-state index contributed by atoms with van der Waals surface area (Å²) in [4.78, 5) is 32.2. The smallest absolute Gasteiger partial charge is 0.319 e. The molecule has 0 spiro atoms. The number of urea groups is 1. The number of carbonyl (C=O) groups excluding carboxylic acids is 1. The second kappa shape index (κ2) is 9.01.